The molecule has 170 valence electrons. The van der Waals surface area contributed by atoms with Crippen LogP contribution in [0.25, 0.3) is 0 Å². The van der Waals surface area contributed by atoms with Gasteiger partial charge < -0.3 is 0 Å². The van der Waals surface area contributed by atoms with Gasteiger partial charge in [-0.25, -0.2) is 5.01 Å². The van der Waals surface area contributed by atoms with E-state index in [4.69, 9.17) is 23.2 Å². The zero-order chi connectivity index (χ0) is 23.9. The monoisotopic (exact) mass is 484 g/mol. The minimum absolute atomic E-state index is 0.114. The second-order valence-electron chi connectivity index (χ2n) is 8.42. The summed E-state index contributed by atoms with van der Waals surface area (Å²) in [5.74, 6) is -3.32. The Hall–Kier alpha value is -2.96. The van der Waals surface area contributed by atoms with Crippen molar-refractivity contribution in [3.63, 3.8) is 0 Å². The Bertz CT molecular complexity index is 1180. The molecule has 0 radical (unpaired) electrons. The first-order valence-corrected chi connectivity index (χ1v) is 11.4. The van der Waals surface area contributed by atoms with E-state index >= 15 is 0 Å². The number of carbonyl (C=O) groups excluding carboxylic acids is 4. The van der Waals surface area contributed by atoms with Crippen LogP contribution in [0.4, 0.5) is 0 Å². The number of ketones is 1. The summed E-state index contributed by atoms with van der Waals surface area (Å²) in [6.45, 7) is 3.29. The van der Waals surface area contributed by atoms with E-state index in [-0.39, 0.29) is 21.5 Å². The van der Waals surface area contributed by atoms with Crippen molar-refractivity contribution >= 4 is 46.7 Å². The van der Waals surface area contributed by atoms with Crippen LogP contribution in [0.3, 0.4) is 0 Å². The molecule has 2 aromatic rings. The van der Waals surface area contributed by atoms with Gasteiger partial charge in [-0.3, -0.25) is 19.2 Å². The lowest BCUT2D eigenvalue weighted by Crippen LogP contribution is -2.52. The molecule has 1 saturated heterocycles. The number of fused-ring (bicyclic) bond motifs is 1. The number of hydrogen-bond acceptors (Lipinski definition) is 4. The van der Waals surface area contributed by atoms with Crippen LogP contribution >= 0.6 is 23.2 Å². The van der Waals surface area contributed by atoms with Crippen molar-refractivity contribution < 1.29 is 19.2 Å². The molecule has 33 heavy (non-hydrogen) atoms. The lowest BCUT2D eigenvalue weighted by Gasteiger charge is -2.30. The second kappa shape index (κ2) is 9.12. The van der Waals surface area contributed by atoms with Gasteiger partial charge in [0.05, 0.1) is 21.9 Å². The molecule has 0 bridgehead atoms. The van der Waals surface area contributed by atoms with Crippen LogP contribution in [0.5, 0.6) is 0 Å². The van der Waals surface area contributed by atoms with Crippen molar-refractivity contribution in [2.45, 2.75) is 20.3 Å². The van der Waals surface area contributed by atoms with Gasteiger partial charge in [-0.2, -0.15) is 5.01 Å². The number of hydrogen-bond donors (Lipinski definition) is 0. The normalized spacial score (nSPS) is 21.8. The molecule has 1 aliphatic carbocycles. The molecular weight excluding hydrogens is 463 g/mol. The van der Waals surface area contributed by atoms with Gasteiger partial charge in [-0.15, -0.1) is 0 Å². The third-order valence-corrected chi connectivity index (χ3v) is 6.90. The zero-order valence-electron chi connectivity index (χ0n) is 18.1. The minimum atomic E-state index is -0.685. The average Bonchev–Trinajstić information content (AvgIpc) is 3.05. The maximum atomic E-state index is 13.5. The predicted octanol–water partition coefficient (Wildman–Crippen LogP) is 4.74. The predicted molar refractivity (Wildman–Crippen MR) is 125 cm³/mol. The summed E-state index contributed by atoms with van der Waals surface area (Å²) in [4.78, 5) is 53.2. The molecule has 1 fully saturated rings. The standard InChI is InChI=1S/C25H22Cl2N2O4/c1-14-6-8-16(9-7-14)21(30)13-28(23(31)17-10-11-19(26)20(27)12-17)29-24(32)18-5-3-4-15(2)22(18)25(29)33/h3-4,6-12,15,18,22H,5,13H2,1-2H3/t15-,18+,22-/m0/s1. The Morgan fingerprint density at radius 2 is 1.67 bits per heavy atom. The van der Waals surface area contributed by atoms with Crippen molar-refractivity contribution in [1.82, 2.24) is 10.0 Å². The molecule has 2 aromatic carbocycles. The van der Waals surface area contributed by atoms with Crippen LogP contribution < -0.4 is 0 Å². The summed E-state index contributed by atoms with van der Waals surface area (Å²) < 4.78 is 0. The number of allylic oxidation sites excluding steroid dienone is 2. The highest BCUT2D eigenvalue weighted by Crippen LogP contribution is 2.39. The van der Waals surface area contributed by atoms with Crippen LogP contribution in [-0.4, -0.2) is 40.1 Å². The third kappa shape index (κ3) is 4.33. The van der Waals surface area contributed by atoms with E-state index in [2.05, 4.69) is 0 Å². The highest BCUT2D eigenvalue weighted by Gasteiger charge is 2.53. The molecule has 1 aliphatic heterocycles. The number of hydrazine groups is 1. The molecule has 0 unspecified atom stereocenters. The quantitative estimate of drug-likeness (QED) is 0.349. The van der Waals surface area contributed by atoms with Gasteiger partial charge in [0.15, 0.2) is 5.78 Å². The summed E-state index contributed by atoms with van der Waals surface area (Å²) in [5, 5.41) is 2.21. The number of benzene rings is 2. The topological polar surface area (TPSA) is 74.8 Å². The molecule has 0 aromatic heterocycles. The van der Waals surface area contributed by atoms with E-state index in [0.717, 1.165) is 15.6 Å². The van der Waals surface area contributed by atoms with Crippen molar-refractivity contribution in [3.8, 4) is 0 Å². The fourth-order valence-corrected chi connectivity index (χ4v) is 4.65. The molecule has 4 rings (SSSR count). The Kier molecular flexibility index (Phi) is 6.41. The summed E-state index contributed by atoms with van der Waals surface area (Å²) in [6, 6.07) is 11.1. The molecule has 6 nitrogen and oxygen atoms in total. The third-order valence-electron chi connectivity index (χ3n) is 6.16. The molecule has 8 heteroatoms. The lowest BCUT2D eigenvalue weighted by atomic mass is 9.78. The number of carbonyl (C=O) groups is 4. The van der Waals surface area contributed by atoms with Gasteiger partial charge in [0.25, 0.3) is 17.7 Å². The second-order valence-corrected chi connectivity index (χ2v) is 9.24. The highest BCUT2D eigenvalue weighted by molar-refractivity contribution is 6.42. The summed E-state index contributed by atoms with van der Waals surface area (Å²) >= 11 is 12.1. The maximum absolute atomic E-state index is 13.5. The Balaban J connectivity index is 1.72. The number of Topliss-reactive ketones (excluding diaryl/α,β-unsaturated/α-hetero) is 1. The Labute approximate surface area is 201 Å². The fourth-order valence-electron chi connectivity index (χ4n) is 4.35. The van der Waals surface area contributed by atoms with Crippen LogP contribution in [0.2, 0.25) is 10.0 Å². The lowest BCUT2D eigenvalue weighted by molar-refractivity contribution is -0.154. The molecule has 2 aliphatic rings. The fraction of sp³-hybridized carbons (Fsp3) is 0.280. The van der Waals surface area contributed by atoms with Gasteiger partial charge >= 0.3 is 0 Å². The van der Waals surface area contributed by atoms with E-state index in [0.29, 0.717) is 12.0 Å². The molecule has 0 spiro atoms. The van der Waals surface area contributed by atoms with Crippen LogP contribution in [0.1, 0.15) is 39.6 Å². The van der Waals surface area contributed by atoms with Crippen molar-refractivity contribution in [1.29, 1.82) is 0 Å². The van der Waals surface area contributed by atoms with Crippen LogP contribution in [0.15, 0.2) is 54.6 Å². The minimum Gasteiger partial charge on any atom is -0.292 e. The molecular formula is C25H22Cl2N2O4. The largest absolute Gasteiger partial charge is 0.292 e. The Morgan fingerprint density at radius 3 is 2.30 bits per heavy atom. The number of rotatable bonds is 5. The van der Waals surface area contributed by atoms with Gasteiger partial charge in [-0.1, -0.05) is 72.1 Å². The van der Waals surface area contributed by atoms with Crippen molar-refractivity contribution in [2.24, 2.45) is 17.8 Å². The van der Waals surface area contributed by atoms with Crippen molar-refractivity contribution in [3.05, 3.63) is 81.4 Å². The summed E-state index contributed by atoms with van der Waals surface area (Å²) in [7, 11) is 0. The summed E-state index contributed by atoms with van der Waals surface area (Å²) in [6.07, 6.45) is 4.19. The van der Waals surface area contributed by atoms with E-state index in [1.165, 1.54) is 18.2 Å². The maximum Gasteiger partial charge on any atom is 0.273 e. The molecule has 0 N–H and O–H groups in total. The first-order chi connectivity index (χ1) is 15.7. The number of amides is 3. The van der Waals surface area contributed by atoms with Gasteiger partial charge in [0.1, 0.15) is 6.54 Å². The number of imide groups is 1. The van der Waals surface area contributed by atoms with Gasteiger partial charge in [0, 0.05) is 11.1 Å². The van der Waals surface area contributed by atoms with Crippen molar-refractivity contribution in [2.75, 3.05) is 6.54 Å². The first-order valence-electron chi connectivity index (χ1n) is 10.6. The van der Waals surface area contributed by atoms with E-state index in [1.807, 2.05) is 26.0 Å². The number of nitrogens with zero attached hydrogens (tertiary/aromatic N) is 2. The summed E-state index contributed by atoms with van der Waals surface area (Å²) in [5.41, 5.74) is 1.47. The van der Waals surface area contributed by atoms with Gasteiger partial charge in [-0.05, 0) is 37.5 Å². The zero-order valence-corrected chi connectivity index (χ0v) is 19.6. The Morgan fingerprint density at radius 1 is 1.00 bits per heavy atom. The molecule has 3 atom stereocenters. The smallest absolute Gasteiger partial charge is 0.273 e. The van der Waals surface area contributed by atoms with Crippen LogP contribution in [0, 0.1) is 24.7 Å². The van der Waals surface area contributed by atoms with Gasteiger partial charge in [0.2, 0.25) is 0 Å². The molecule has 1 heterocycles. The highest BCUT2D eigenvalue weighted by atomic mass is 35.5. The molecule has 3 amide bonds. The first kappa shape index (κ1) is 23.2. The van der Waals surface area contributed by atoms with E-state index < -0.39 is 41.9 Å². The molecule has 0 saturated carbocycles. The number of halogens is 2. The SMILES string of the molecule is Cc1ccc(C(=O)CN(C(=O)c2ccc(Cl)c(Cl)c2)N2C(=O)[C@H]3[C@@H](C)C=CC[C@H]3C2=O)cc1. The number of aryl methyl sites for hydroxylation is 1. The van der Waals surface area contributed by atoms with E-state index in [1.54, 1.807) is 24.3 Å². The van der Waals surface area contributed by atoms with E-state index in [9.17, 15) is 19.2 Å². The van der Waals surface area contributed by atoms with Crippen LogP contribution in [-0.2, 0) is 9.59 Å². The average molecular weight is 485 g/mol.